The van der Waals surface area contributed by atoms with E-state index < -0.39 is 20.7 Å². The summed E-state index contributed by atoms with van der Waals surface area (Å²) in [5.41, 5.74) is -0.0402. The van der Waals surface area contributed by atoms with Crippen molar-refractivity contribution in [2.75, 3.05) is 0 Å². The first-order valence-electron chi connectivity index (χ1n) is 6.55. The first kappa shape index (κ1) is 14.9. The van der Waals surface area contributed by atoms with E-state index in [1.807, 2.05) is 0 Å². The molecule has 0 aromatic carbocycles. The normalized spacial score (nSPS) is 17.2. The monoisotopic (exact) mass is 303 g/mol. The number of aromatic nitrogens is 1. The molecule has 2 rings (SSSR count). The standard InChI is InChI=1S/C13H21NO3S2/c1-8(2)19(16,17)7-10-14-11(9-5-6-9)12(18-10)13(3,4)15/h8-9,15H,5-7H2,1-4H3. The smallest absolute Gasteiger partial charge is 0.159 e. The van der Waals surface area contributed by atoms with Crippen LogP contribution >= 0.6 is 11.3 Å². The fourth-order valence-corrected chi connectivity index (χ4v) is 4.27. The Labute approximate surface area is 118 Å². The molecule has 0 spiro atoms. The number of rotatable bonds is 5. The first-order chi connectivity index (χ1) is 8.61. The Kier molecular flexibility index (Phi) is 3.79. The average molecular weight is 303 g/mol. The van der Waals surface area contributed by atoms with E-state index in [2.05, 4.69) is 4.98 Å². The first-order valence-corrected chi connectivity index (χ1v) is 9.08. The Balaban J connectivity index is 2.34. The Bertz CT molecular complexity index is 563. The van der Waals surface area contributed by atoms with Crippen molar-refractivity contribution in [3.63, 3.8) is 0 Å². The highest BCUT2D eigenvalue weighted by atomic mass is 32.2. The van der Waals surface area contributed by atoms with Gasteiger partial charge in [0.25, 0.3) is 0 Å². The van der Waals surface area contributed by atoms with Crippen molar-refractivity contribution >= 4 is 21.2 Å². The predicted molar refractivity (Wildman–Crippen MR) is 77.1 cm³/mol. The molecule has 0 atom stereocenters. The van der Waals surface area contributed by atoms with Gasteiger partial charge in [-0.05, 0) is 40.5 Å². The van der Waals surface area contributed by atoms with E-state index in [9.17, 15) is 13.5 Å². The zero-order valence-electron chi connectivity index (χ0n) is 11.8. The van der Waals surface area contributed by atoms with E-state index >= 15 is 0 Å². The summed E-state index contributed by atoms with van der Waals surface area (Å²) in [6.45, 7) is 6.82. The lowest BCUT2D eigenvalue weighted by Gasteiger charge is -2.16. The average Bonchev–Trinajstić information content (AvgIpc) is 2.98. The van der Waals surface area contributed by atoms with Crippen LogP contribution in [0.4, 0.5) is 0 Å². The van der Waals surface area contributed by atoms with Crippen LogP contribution in [0.5, 0.6) is 0 Å². The summed E-state index contributed by atoms with van der Waals surface area (Å²) in [6.07, 6.45) is 2.17. The second-order valence-electron chi connectivity index (χ2n) is 6.01. The lowest BCUT2D eigenvalue weighted by Crippen LogP contribution is -2.15. The van der Waals surface area contributed by atoms with Gasteiger partial charge in [0.2, 0.25) is 0 Å². The zero-order chi connectivity index (χ0) is 14.4. The molecule has 6 heteroatoms. The van der Waals surface area contributed by atoms with Crippen LogP contribution in [-0.4, -0.2) is 23.8 Å². The second-order valence-corrected chi connectivity index (χ2v) is 9.65. The molecule has 19 heavy (non-hydrogen) atoms. The minimum Gasteiger partial charge on any atom is -0.385 e. The van der Waals surface area contributed by atoms with E-state index in [0.717, 1.165) is 23.4 Å². The van der Waals surface area contributed by atoms with Crippen LogP contribution < -0.4 is 0 Å². The van der Waals surface area contributed by atoms with Gasteiger partial charge in [-0.2, -0.15) is 0 Å². The van der Waals surface area contributed by atoms with E-state index in [1.165, 1.54) is 11.3 Å². The fraction of sp³-hybridized carbons (Fsp3) is 0.769. The highest BCUT2D eigenvalue weighted by Gasteiger charge is 2.35. The Hall–Kier alpha value is -0.460. The van der Waals surface area contributed by atoms with Gasteiger partial charge < -0.3 is 5.11 Å². The number of aliphatic hydroxyl groups is 1. The third-order valence-electron chi connectivity index (χ3n) is 3.26. The molecule has 4 nitrogen and oxygen atoms in total. The van der Waals surface area contributed by atoms with E-state index in [4.69, 9.17) is 0 Å². The molecule has 1 fully saturated rings. The molecule has 0 aliphatic heterocycles. The zero-order valence-corrected chi connectivity index (χ0v) is 13.4. The summed E-state index contributed by atoms with van der Waals surface area (Å²) in [4.78, 5) is 5.31. The number of nitrogens with zero attached hydrogens (tertiary/aromatic N) is 1. The predicted octanol–water partition coefficient (Wildman–Crippen LogP) is 2.57. The topological polar surface area (TPSA) is 67.3 Å². The van der Waals surface area contributed by atoms with E-state index in [1.54, 1.807) is 27.7 Å². The van der Waals surface area contributed by atoms with E-state index in [-0.39, 0.29) is 5.75 Å². The third kappa shape index (κ3) is 3.35. The van der Waals surface area contributed by atoms with Crippen molar-refractivity contribution in [2.24, 2.45) is 0 Å². The molecule has 1 aliphatic rings. The largest absolute Gasteiger partial charge is 0.385 e. The van der Waals surface area contributed by atoms with Crippen LogP contribution in [0.1, 0.15) is 62.0 Å². The summed E-state index contributed by atoms with van der Waals surface area (Å²) in [5, 5.41) is 10.4. The van der Waals surface area contributed by atoms with Crippen LogP contribution in [0.15, 0.2) is 0 Å². The quantitative estimate of drug-likeness (QED) is 0.908. The van der Waals surface area contributed by atoms with Gasteiger partial charge in [0.1, 0.15) is 10.8 Å². The van der Waals surface area contributed by atoms with Crippen LogP contribution in [0.25, 0.3) is 0 Å². The Morgan fingerprint density at radius 1 is 1.42 bits per heavy atom. The summed E-state index contributed by atoms with van der Waals surface area (Å²) < 4.78 is 23.9. The van der Waals surface area contributed by atoms with Crippen molar-refractivity contribution in [1.29, 1.82) is 0 Å². The number of thiazole rings is 1. The van der Waals surface area contributed by atoms with E-state index in [0.29, 0.717) is 10.9 Å². The van der Waals surface area contributed by atoms with Gasteiger partial charge in [-0.15, -0.1) is 11.3 Å². The molecule has 1 aromatic rings. The summed E-state index contributed by atoms with van der Waals surface area (Å²) >= 11 is 1.34. The third-order valence-corrected chi connectivity index (χ3v) is 6.94. The maximum absolute atomic E-state index is 12.0. The van der Waals surface area contributed by atoms with Crippen molar-refractivity contribution in [3.05, 3.63) is 15.6 Å². The van der Waals surface area contributed by atoms with Crippen molar-refractivity contribution < 1.29 is 13.5 Å². The van der Waals surface area contributed by atoms with Gasteiger partial charge in [0.05, 0.1) is 21.4 Å². The molecule has 108 valence electrons. The molecule has 1 aromatic heterocycles. The number of hydrogen-bond acceptors (Lipinski definition) is 5. The maximum Gasteiger partial charge on any atom is 0.159 e. The number of hydrogen-bond donors (Lipinski definition) is 1. The van der Waals surface area contributed by atoms with Gasteiger partial charge in [0.15, 0.2) is 9.84 Å². The number of sulfone groups is 1. The highest BCUT2D eigenvalue weighted by molar-refractivity contribution is 7.91. The second kappa shape index (κ2) is 4.82. The van der Waals surface area contributed by atoms with Gasteiger partial charge >= 0.3 is 0 Å². The molecule has 0 saturated heterocycles. The van der Waals surface area contributed by atoms with Crippen molar-refractivity contribution in [1.82, 2.24) is 4.98 Å². The minimum atomic E-state index is -3.14. The summed E-state index contributed by atoms with van der Waals surface area (Å²) in [5.74, 6) is 0.388. The molecular formula is C13H21NO3S2. The van der Waals surface area contributed by atoms with Crippen LogP contribution in [0, 0.1) is 0 Å². The molecule has 0 amide bonds. The van der Waals surface area contributed by atoms with Crippen molar-refractivity contribution in [3.8, 4) is 0 Å². The lowest BCUT2D eigenvalue weighted by atomic mass is 10.0. The van der Waals surface area contributed by atoms with Gasteiger partial charge in [-0.1, -0.05) is 0 Å². The molecule has 1 N–H and O–H groups in total. The highest BCUT2D eigenvalue weighted by Crippen LogP contribution is 2.45. The Morgan fingerprint density at radius 3 is 2.42 bits per heavy atom. The molecule has 1 saturated carbocycles. The van der Waals surface area contributed by atoms with Gasteiger partial charge in [-0.25, -0.2) is 13.4 Å². The molecule has 1 aliphatic carbocycles. The molecule has 0 bridgehead atoms. The fourth-order valence-electron chi connectivity index (χ4n) is 1.85. The summed E-state index contributed by atoms with van der Waals surface area (Å²) in [6, 6.07) is 0. The lowest BCUT2D eigenvalue weighted by molar-refractivity contribution is 0.0813. The summed E-state index contributed by atoms with van der Waals surface area (Å²) in [7, 11) is -3.14. The maximum atomic E-state index is 12.0. The van der Waals surface area contributed by atoms with Crippen LogP contribution in [-0.2, 0) is 21.2 Å². The van der Waals surface area contributed by atoms with Crippen LogP contribution in [0.3, 0.4) is 0 Å². The molecular weight excluding hydrogens is 282 g/mol. The minimum absolute atomic E-state index is 0.0227. The van der Waals surface area contributed by atoms with Gasteiger partial charge in [-0.3, -0.25) is 0 Å². The molecule has 0 unspecified atom stereocenters. The Morgan fingerprint density at radius 2 is 2.00 bits per heavy atom. The van der Waals surface area contributed by atoms with Crippen LogP contribution in [0.2, 0.25) is 0 Å². The van der Waals surface area contributed by atoms with Gasteiger partial charge in [0, 0.05) is 5.92 Å². The SMILES string of the molecule is CC(C)S(=O)(=O)Cc1nc(C2CC2)c(C(C)(C)O)s1. The molecule has 0 radical (unpaired) electrons. The molecule has 1 heterocycles. The van der Waals surface area contributed by atoms with Crippen molar-refractivity contribution in [2.45, 2.75) is 63.1 Å².